The third-order valence-corrected chi connectivity index (χ3v) is 0.914. The SMILES string of the molecule is O=C(CO)C(O)(O)C(O)O. The summed E-state index contributed by atoms with van der Waals surface area (Å²) in [4.78, 5) is 10.2. The maximum absolute atomic E-state index is 10.2. The summed E-state index contributed by atoms with van der Waals surface area (Å²) >= 11 is 0. The minimum absolute atomic E-state index is 1.16. The lowest BCUT2D eigenvalue weighted by molar-refractivity contribution is -0.273. The Morgan fingerprint density at radius 3 is 1.90 bits per heavy atom. The molecule has 0 bridgehead atoms. The van der Waals surface area contributed by atoms with Crippen molar-refractivity contribution in [2.45, 2.75) is 12.1 Å². The molecule has 0 atom stereocenters. The number of carbonyl (C=O) groups excluding carboxylic acids is 1. The quantitative estimate of drug-likeness (QED) is 0.268. The van der Waals surface area contributed by atoms with Gasteiger partial charge in [0.15, 0.2) is 0 Å². The molecule has 5 N–H and O–H groups in total. The molecule has 60 valence electrons. The van der Waals surface area contributed by atoms with Crippen molar-refractivity contribution in [2.75, 3.05) is 6.61 Å². The minimum Gasteiger partial charge on any atom is -0.388 e. The Bertz CT molecular complexity index is 128. The highest BCUT2D eigenvalue weighted by Gasteiger charge is 2.39. The van der Waals surface area contributed by atoms with E-state index in [-0.39, 0.29) is 0 Å². The Labute approximate surface area is 56.0 Å². The first kappa shape index (κ1) is 9.47. The average Bonchev–Trinajstić information content (AvgIpc) is 1.86. The molecule has 0 fully saturated rings. The normalized spacial score (nSPS) is 12.2. The molecular weight excluding hydrogens is 144 g/mol. The van der Waals surface area contributed by atoms with Crippen LogP contribution in [0, 0.1) is 0 Å². The first-order valence-electron chi connectivity index (χ1n) is 2.38. The predicted octanol–water partition coefficient (Wildman–Crippen LogP) is -3.46. The third-order valence-electron chi connectivity index (χ3n) is 0.914. The lowest BCUT2D eigenvalue weighted by Gasteiger charge is -2.20. The van der Waals surface area contributed by atoms with E-state index in [0.717, 1.165) is 0 Å². The minimum atomic E-state index is -3.27. The zero-order valence-electron chi connectivity index (χ0n) is 4.93. The van der Waals surface area contributed by atoms with E-state index in [4.69, 9.17) is 25.5 Å². The summed E-state index contributed by atoms with van der Waals surface area (Å²) in [5.74, 6) is -4.74. The molecule has 0 saturated heterocycles. The van der Waals surface area contributed by atoms with Crippen LogP contribution in [0.25, 0.3) is 0 Å². The molecule has 0 aromatic heterocycles. The van der Waals surface area contributed by atoms with Crippen LogP contribution in [0.4, 0.5) is 0 Å². The summed E-state index contributed by atoms with van der Waals surface area (Å²) in [7, 11) is 0. The van der Waals surface area contributed by atoms with Gasteiger partial charge in [0.05, 0.1) is 0 Å². The lowest BCUT2D eigenvalue weighted by Crippen LogP contribution is -2.50. The predicted molar refractivity (Wildman–Crippen MR) is 27.5 cm³/mol. The van der Waals surface area contributed by atoms with Crippen LogP contribution in [-0.2, 0) is 4.79 Å². The van der Waals surface area contributed by atoms with Gasteiger partial charge in [0.2, 0.25) is 12.1 Å². The summed E-state index contributed by atoms with van der Waals surface area (Å²) in [5, 5.41) is 41.1. The van der Waals surface area contributed by atoms with Gasteiger partial charge in [-0.3, -0.25) is 4.79 Å². The molecule has 0 aliphatic carbocycles. The number of hydrogen-bond acceptors (Lipinski definition) is 6. The van der Waals surface area contributed by atoms with Crippen molar-refractivity contribution in [2.24, 2.45) is 0 Å². The standard InChI is InChI=1S/C4H8O6/c5-1-2(6)4(9,10)3(7)8/h3,5,7-10H,1H2. The first-order chi connectivity index (χ1) is 4.42. The van der Waals surface area contributed by atoms with Crippen LogP contribution in [0.1, 0.15) is 0 Å². The third kappa shape index (κ3) is 1.72. The number of aliphatic hydroxyl groups is 5. The van der Waals surface area contributed by atoms with Gasteiger partial charge >= 0.3 is 0 Å². The van der Waals surface area contributed by atoms with E-state index in [1.807, 2.05) is 0 Å². The number of aliphatic hydroxyl groups excluding tert-OH is 2. The van der Waals surface area contributed by atoms with Crippen LogP contribution < -0.4 is 0 Å². The van der Waals surface area contributed by atoms with Gasteiger partial charge in [-0.15, -0.1) is 0 Å². The maximum atomic E-state index is 10.2. The van der Waals surface area contributed by atoms with E-state index in [9.17, 15) is 4.79 Å². The Hall–Kier alpha value is -0.530. The Kier molecular flexibility index (Phi) is 2.88. The molecule has 10 heavy (non-hydrogen) atoms. The molecule has 0 aliphatic heterocycles. The van der Waals surface area contributed by atoms with Crippen molar-refractivity contribution in [1.29, 1.82) is 0 Å². The highest BCUT2D eigenvalue weighted by atomic mass is 16.6. The number of carbonyl (C=O) groups is 1. The highest BCUT2D eigenvalue weighted by Crippen LogP contribution is 2.04. The fourth-order valence-corrected chi connectivity index (χ4v) is 0.260. The second-order valence-corrected chi connectivity index (χ2v) is 1.68. The van der Waals surface area contributed by atoms with Crippen molar-refractivity contribution in [3.63, 3.8) is 0 Å². The van der Waals surface area contributed by atoms with Crippen LogP contribution in [-0.4, -0.2) is 50.0 Å². The van der Waals surface area contributed by atoms with Gasteiger partial charge < -0.3 is 25.5 Å². The molecule has 0 saturated carbocycles. The number of hydrogen-bond donors (Lipinski definition) is 5. The van der Waals surface area contributed by atoms with Gasteiger partial charge in [-0.1, -0.05) is 0 Å². The molecule has 0 aliphatic rings. The van der Waals surface area contributed by atoms with E-state index in [1.165, 1.54) is 0 Å². The second-order valence-electron chi connectivity index (χ2n) is 1.68. The smallest absolute Gasteiger partial charge is 0.279 e. The molecule has 0 aromatic rings. The molecule has 0 heterocycles. The highest BCUT2D eigenvalue weighted by molar-refractivity contribution is 5.86. The van der Waals surface area contributed by atoms with Crippen LogP contribution in [0.3, 0.4) is 0 Å². The summed E-state index contributed by atoms with van der Waals surface area (Å²) in [6.07, 6.45) is -2.60. The fourth-order valence-electron chi connectivity index (χ4n) is 0.260. The fraction of sp³-hybridized carbons (Fsp3) is 0.750. The Balaban J connectivity index is 4.24. The van der Waals surface area contributed by atoms with Gasteiger partial charge in [0.25, 0.3) is 5.79 Å². The van der Waals surface area contributed by atoms with Crippen LogP contribution in [0.2, 0.25) is 0 Å². The van der Waals surface area contributed by atoms with Gasteiger partial charge in [-0.25, -0.2) is 0 Å². The molecular formula is C4H8O6. The van der Waals surface area contributed by atoms with E-state index in [0.29, 0.717) is 0 Å². The van der Waals surface area contributed by atoms with E-state index in [2.05, 4.69) is 0 Å². The number of rotatable bonds is 3. The summed E-state index contributed by atoms with van der Waals surface area (Å²) in [6, 6.07) is 0. The molecule has 0 amide bonds. The van der Waals surface area contributed by atoms with Crippen molar-refractivity contribution < 1.29 is 30.3 Å². The molecule has 0 unspecified atom stereocenters. The zero-order valence-corrected chi connectivity index (χ0v) is 4.93. The van der Waals surface area contributed by atoms with Crippen LogP contribution in [0.15, 0.2) is 0 Å². The molecule has 0 spiro atoms. The van der Waals surface area contributed by atoms with Crippen molar-refractivity contribution in [3.05, 3.63) is 0 Å². The Morgan fingerprint density at radius 2 is 1.80 bits per heavy atom. The van der Waals surface area contributed by atoms with E-state index >= 15 is 0 Å². The number of Topliss-reactive ketones (excluding diaryl/α,β-unsaturated/α-hetero) is 1. The largest absolute Gasteiger partial charge is 0.388 e. The van der Waals surface area contributed by atoms with Gasteiger partial charge in [-0.2, -0.15) is 0 Å². The summed E-state index contributed by atoms with van der Waals surface area (Å²) in [5.41, 5.74) is 0. The topological polar surface area (TPSA) is 118 Å². The van der Waals surface area contributed by atoms with Crippen molar-refractivity contribution >= 4 is 5.78 Å². The first-order valence-corrected chi connectivity index (χ1v) is 2.38. The summed E-state index contributed by atoms with van der Waals surface area (Å²) < 4.78 is 0. The van der Waals surface area contributed by atoms with E-state index in [1.54, 1.807) is 0 Å². The molecule has 6 nitrogen and oxygen atoms in total. The van der Waals surface area contributed by atoms with Crippen LogP contribution in [0.5, 0.6) is 0 Å². The average molecular weight is 152 g/mol. The monoisotopic (exact) mass is 152 g/mol. The molecule has 0 radical (unpaired) electrons. The molecule has 0 aromatic carbocycles. The van der Waals surface area contributed by atoms with Gasteiger partial charge in [-0.05, 0) is 0 Å². The van der Waals surface area contributed by atoms with Crippen molar-refractivity contribution in [3.8, 4) is 0 Å². The Morgan fingerprint density at radius 1 is 1.40 bits per heavy atom. The van der Waals surface area contributed by atoms with Crippen LogP contribution >= 0.6 is 0 Å². The maximum Gasteiger partial charge on any atom is 0.279 e. The molecule has 6 heteroatoms. The summed E-state index contributed by atoms with van der Waals surface area (Å²) in [6.45, 7) is -1.16. The molecule has 0 rings (SSSR count). The van der Waals surface area contributed by atoms with Gasteiger partial charge in [0.1, 0.15) is 6.61 Å². The second kappa shape index (κ2) is 3.04. The van der Waals surface area contributed by atoms with E-state index < -0.39 is 24.5 Å². The zero-order chi connectivity index (χ0) is 8.36. The van der Waals surface area contributed by atoms with Crippen molar-refractivity contribution in [1.82, 2.24) is 0 Å². The van der Waals surface area contributed by atoms with Gasteiger partial charge in [0, 0.05) is 0 Å². The number of ketones is 1. The lowest BCUT2D eigenvalue weighted by atomic mass is 10.2.